The SMILES string of the molecule is CCC(CC)N(CCOC)C(=O)c1cccc(Br)n1. The molecule has 0 saturated heterocycles. The van der Waals surface area contributed by atoms with Gasteiger partial charge in [-0.05, 0) is 40.9 Å². The standard InChI is InChI=1S/C14H21BrN2O2/c1-4-11(5-2)17(9-10-19-3)14(18)12-7-6-8-13(15)16-12/h6-8,11H,4-5,9-10H2,1-3H3. The van der Waals surface area contributed by atoms with E-state index in [1.807, 2.05) is 17.0 Å². The van der Waals surface area contributed by atoms with Gasteiger partial charge in [-0.25, -0.2) is 4.98 Å². The lowest BCUT2D eigenvalue weighted by Crippen LogP contribution is -2.42. The van der Waals surface area contributed by atoms with Crippen LogP contribution in [0.25, 0.3) is 0 Å². The number of carbonyl (C=O) groups excluding carboxylic acids is 1. The van der Waals surface area contributed by atoms with Gasteiger partial charge in [0.15, 0.2) is 0 Å². The summed E-state index contributed by atoms with van der Waals surface area (Å²) >= 11 is 3.30. The van der Waals surface area contributed by atoms with E-state index in [9.17, 15) is 4.79 Å². The summed E-state index contributed by atoms with van der Waals surface area (Å²) in [5.41, 5.74) is 0.470. The minimum absolute atomic E-state index is 0.0351. The molecule has 0 spiro atoms. The number of pyridine rings is 1. The van der Waals surface area contributed by atoms with Crippen molar-refractivity contribution in [2.45, 2.75) is 32.7 Å². The first kappa shape index (κ1) is 16.1. The van der Waals surface area contributed by atoms with Crippen LogP contribution in [-0.2, 0) is 4.74 Å². The Bertz CT molecular complexity index is 408. The minimum Gasteiger partial charge on any atom is -0.383 e. The highest BCUT2D eigenvalue weighted by molar-refractivity contribution is 9.10. The highest BCUT2D eigenvalue weighted by Crippen LogP contribution is 2.14. The molecule has 1 heterocycles. The minimum atomic E-state index is -0.0351. The van der Waals surface area contributed by atoms with E-state index in [-0.39, 0.29) is 11.9 Å². The van der Waals surface area contributed by atoms with Crippen LogP contribution in [0.4, 0.5) is 0 Å². The third kappa shape index (κ3) is 4.58. The first-order valence-corrected chi connectivity index (χ1v) is 7.35. The van der Waals surface area contributed by atoms with Gasteiger partial charge >= 0.3 is 0 Å². The van der Waals surface area contributed by atoms with Crippen molar-refractivity contribution in [2.24, 2.45) is 0 Å². The molecule has 1 aromatic heterocycles. The van der Waals surface area contributed by atoms with Crippen molar-refractivity contribution in [3.63, 3.8) is 0 Å². The molecule has 5 heteroatoms. The Morgan fingerprint density at radius 2 is 2.11 bits per heavy atom. The van der Waals surface area contributed by atoms with E-state index in [1.54, 1.807) is 13.2 Å². The number of nitrogens with zero attached hydrogens (tertiary/aromatic N) is 2. The Morgan fingerprint density at radius 1 is 1.42 bits per heavy atom. The number of halogens is 1. The molecular formula is C14H21BrN2O2. The van der Waals surface area contributed by atoms with Crippen molar-refractivity contribution < 1.29 is 9.53 Å². The molecule has 1 amide bonds. The lowest BCUT2D eigenvalue weighted by atomic mass is 10.1. The second kappa shape index (κ2) is 8.27. The monoisotopic (exact) mass is 328 g/mol. The molecular weight excluding hydrogens is 308 g/mol. The molecule has 0 aliphatic rings. The molecule has 1 rings (SSSR count). The maximum atomic E-state index is 12.5. The van der Waals surface area contributed by atoms with Crippen molar-refractivity contribution in [3.8, 4) is 0 Å². The van der Waals surface area contributed by atoms with Crippen LogP contribution in [0.15, 0.2) is 22.8 Å². The van der Waals surface area contributed by atoms with Crippen molar-refractivity contribution in [1.29, 1.82) is 0 Å². The number of aromatic nitrogens is 1. The largest absolute Gasteiger partial charge is 0.383 e. The van der Waals surface area contributed by atoms with Crippen LogP contribution < -0.4 is 0 Å². The maximum absolute atomic E-state index is 12.5. The first-order valence-electron chi connectivity index (χ1n) is 6.56. The van der Waals surface area contributed by atoms with Crippen molar-refractivity contribution in [1.82, 2.24) is 9.88 Å². The van der Waals surface area contributed by atoms with Gasteiger partial charge in [0.25, 0.3) is 5.91 Å². The van der Waals surface area contributed by atoms with Gasteiger partial charge in [0.1, 0.15) is 10.3 Å². The van der Waals surface area contributed by atoms with E-state index in [0.717, 1.165) is 12.8 Å². The number of rotatable bonds is 7. The van der Waals surface area contributed by atoms with Crippen LogP contribution in [0, 0.1) is 0 Å². The lowest BCUT2D eigenvalue weighted by molar-refractivity contribution is 0.0583. The molecule has 0 N–H and O–H groups in total. The summed E-state index contributed by atoms with van der Waals surface area (Å²) in [4.78, 5) is 18.6. The Labute approximate surface area is 123 Å². The van der Waals surface area contributed by atoms with Crippen LogP contribution >= 0.6 is 15.9 Å². The molecule has 0 aliphatic heterocycles. The average Bonchev–Trinajstić information content (AvgIpc) is 2.43. The fourth-order valence-electron chi connectivity index (χ4n) is 2.04. The number of ether oxygens (including phenoxy) is 1. The molecule has 0 unspecified atom stereocenters. The second-order valence-corrected chi connectivity index (χ2v) is 5.12. The van der Waals surface area contributed by atoms with Crippen LogP contribution in [0.1, 0.15) is 37.2 Å². The smallest absolute Gasteiger partial charge is 0.272 e. The molecule has 4 nitrogen and oxygen atoms in total. The number of hydrogen-bond donors (Lipinski definition) is 0. The summed E-state index contributed by atoms with van der Waals surface area (Å²) in [5.74, 6) is -0.0351. The Balaban J connectivity index is 2.92. The van der Waals surface area contributed by atoms with Crippen LogP contribution in [0.3, 0.4) is 0 Å². The van der Waals surface area contributed by atoms with E-state index >= 15 is 0 Å². The number of hydrogen-bond acceptors (Lipinski definition) is 3. The third-order valence-electron chi connectivity index (χ3n) is 3.11. The summed E-state index contributed by atoms with van der Waals surface area (Å²) in [5, 5.41) is 0. The fourth-order valence-corrected chi connectivity index (χ4v) is 2.39. The molecule has 0 aromatic carbocycles. The summed E-state index contributed by atoms with van der Waals surface area (Å²) in [6, 6.07) is 5.61. The van der Waals surface area contributed by atoms with Gasteiger partial charge in [-0.2, -0.15) is 0 Å². The Kier molecular flexibility index (Phi) is 7.02. The summed E-state index contributed by atoms with van der Waals surface area (Å²) in [7, 11) is 1.65. The topological polar surface area (TPSA) is 42.4 Å². The lowest BCUT2D eigenvalue weighted by Gasteiger charge is -2.30. The molecule has 0 radical (unpaired) electrons. The predicted molar refractivity (Wildman–Crippen MR) is 79.2 cm³/mol. The quantitative estimate of drug-likeness (QED) is 0.722. The molecule has 0 aliphatic carbocycles. The molecule has 1 aromatic rings. The van der Waals surface area contributed by atoms with E-state index in [2.05, 4.69) is 34.8 Å². The summed E-state index contributed by atoms with van der Waals surface area (Å²) in [6.07, 6.45) is 1.86. The zero-order valence-electron chi connectivity index (χ0n) is 11.7. The van der Waals surface area contributed by atoms with Crippen LogP contribution in [-0.4, -0.2) is 42.1 Å². The van der Waals surface area contributed by atoms with Gasteiger partial charge < -0.3 is 9.64 Å². The van der Waals surface area contributed by atoms with E-state index in [1.165, 1.54) is 0 Å². The van der Waals surface area contributed by atoms with E-state index < -0.39 is 0 Å². The maximum Gasteiger partial charge on any atom is 0.272 e. The zero-order chi connectivity index (χ0) is 14.3. The molecule has 0 saturated carbocycles. The second-order valence-electron chi connectivity index (χ2n) is 4.31. The normalized spacial score (nSPS) is 10.8. The number of carbonyl (C=O) groups is 1. The Morgan fingerprint density at radius 3 is 2.63 bits per heavy atom. The third-order valence-corrected chi connectivity index (χ3v) is 3.56. The number of methoxy groups -OCH3 is 1. The average molecular weight is 329 g/mol. The summed E-state index contributed by atoms with van der Waals surface area (Å²) in [6.45, 7) is 5.32. The molecule has 0 atom stereocenters. The summed E-state index contributed by atoms with van der Waals surface area (Å²) < 4.78 is 5.77. The van der Waals surface area contributed by atoms with Gasteiger partial charge in [0, 0.05) is 19.7 Å². The van der Waals surface area contributed by atoms with Gasteiger partial charge in [-0.15, -0.1) is 0 Å². The van der Waals surface area contributed by atoms with Crippen molar-refractivity contribution in [3.05, 3.63) is 28.5 Å². The molecule has 0 bridgehead atoms. The zero-order valence-corrected chi connectivity index (χ0v) is 13.3. The van der Waals surface area contributed by atoms with Crippen molar-refractivity contribution >= 4 is 21.8 Å². The van der Waals surface area contributed by atoms with E-state index in [0.29, 0.717) is 23.4 Å². The van der Waals surface area contributed by atoms with Crippen molar-refractivity contribution in [2.75, 3.05) is 20.3 Å². The van der Waals surface area contributed by atoms with Crippen LogP contribution in [0.2, 0.25) is 0 Å². The van der Waals surface area contributed by atoms with Gasteiger partial charge in [0.05, 0.1) is 6.61 Å². The molecule has 0 fully saturated rings. The van der Waals surface area contributed by atoms with Gasteiger partial charge in [-0.1, -0.05) is 19.9 Å². The molecule has 19 heavy (non-hydrogen) atoms. The predicted octanol–water partition coefficient (Wildman–Crippen LogP) is 3.12. The fraction of sp³-hybridized carbons (Fsp3) is 0.571. The number of amides is 1. The first-order chi connectivity index (χ1) is 9.13. The highest BCUT2D eigenvalue weighted by atomic mass is 79.9. The van der Waals surface area contributed by atoms with Gasteiger partial charge in [-0.3, -0.25) is 4.79 Å². The van der Waals surface area contributed by atoms with Gasteiger partial charge in [0.2, 0.25) is 0 Å². The van der Waals surface area contributed by atoms with Crippen LogP contribution in [0.5, 0.6) is 0 Å². The van der Waals surface area contributed by atoms with E-state index in [4.69, 9.17) is 4.74 Å². The molecule has 106 valence electrons. The highest BCUT2D eigenvalue weighted by Gasteiger charge is 2.23. The Hall–Kier alpha value is -0.940.